The number of nitro groups is 1. The van der Waals surface area contributed by atoms with Gasteiger partial charge in [0.2, 0.25) is 0 Å². The average Bonchev–Trinajstić information content (AvgIpc) is 2.85. The van der Waals surface area contributed by atoms with Gasteiger partial charge in [-0.2, -0.15) is 0 Å². The highest BCUT2D eigenvalue weighted by atomic mass is 127. The van der Waals surface area contributed by atoms with E-state index in [1.807, 2.05) is 19.1 Å². The number of hydrogen-bond donors (Lipinski definition) is 1. The minimum atomic E-state index is -0.310. The molecule has 0 aliphatic rings. The lowest BCUT2D eigenvalue weighted by atomic mass is 10.00. The van der Waals surface area contributed by atoms with E-state index in [2.05, 4.69) is 39.4 Å². The van der Waals surface area contributed by atoms with Crippen LogP contribution < -0.4 is 5.32 Å². The summed E-state index contributed by atoms with van der Waals surface area (Å²) < 4.78 is 1.23. The van der Waals surface area contributed by atoms with Crippen molar-refractivity contribution in [3.8, 4) is 0 Å². The zero-order valence-electron chi connectivity index (χ0n) is 11.0. The third-order valence-electron chi connectivity index (χ3n) is 3.05. The summed E-state index contributed by atoms with van der Waals surface area (Å²) in [4.78, 5) is 10.8. The first-order valence-electron chi connectivity index (χ1n) is 6.31. The van der Waals surface area contributed by atoms with Crippen molar-refractivity contribution in [3.05, 3.63) is 59.8 Å². The fourth-order valence-corrected chi connectivity index (χ4v) is 3.57. The lowest BCUT2D eigenvalue weighted by Gasteiger charge is -2.16. The molecule has 0 radical (unpaired) electrons. The smallest absolute Gasteiger partial charge is 0.272 e. The molecule has 4 nitrogen and oxygen atoms in total. The maximum absolute atomic E-state index is 11.1. The second kappa shape index (κ2) is 7.14. The third-order valence-corrected chi connectivity index (χ3v) is 4.86. The van der Waals surface area contributed by atoms with E-state index < -0.39 is 0 Å². The van der Waals surface area contributed by atoms with Crippen LogP contribution in [0.1, 0.15) is 24.1 Å². The van der Waals surface area contributed by atoms with Crippen molar-refractivity contribution in [2.75, 3.05) is 6.54 Å². The van der Waals surface area contributed by atoms with Gasteiger partial charge in [0.25, 0.3) is 5.69 Å². The van der Waals surface area contributed by atoms with Crippen LogP contribution >= 0.6 is 33.9 Å². The van der Waals surface area contributed by atoms with E-state index in [-0.39, 0.29) is 16.7 Å². The van der Waals surface area contributed by atoms with Crippen LogP contribution in [0.4, 0.5) is 5.69 Å². The van der Waals surface area contributed by atoms with E-state index in [4.69, 9.17) is 0 Å². The van der Waals surface area contributed by atoms with Gasteiger partial charge in [-0.05, 0) is 52.6 Å². The highest BCUT2D eigenvalue weighted by molar-refractivity contribution is 14.1. The van der Waals surface area contributed by atoms with E-state index in [0.29, 0.717) is 6.42 Å². The number of hydrogen-bond acceptors (Lipinski definition) is 4. The molecule has 0 bridgehead atoms. The third kappa shape index (κ3) is 3.77. The number of nitrogens with one attached hydrogen (secondary N) is 1. The Labute approximate surface area is 135 Å². The number of benzene rings is 1. The Morgan fingerprint density at radius 3 is 2.80 bits per heavy atom. The van der Waals surface area contributed by atoms with Crippen molar-refractivity contribution in [1.29, 1.82) is 0 Å². The van der Waals surface area contributed by atoms with Crippen molar-refractivity contribution in [2.45, 2.75) is 19.4 Å². The molecule has 0 spiro atoms. The van der Waals surface area contributed by atoms with E-state index in [1.54, 1.807) is 23.5 Å². The Morgan fingerprint density at radius 2 is 2.20 bits per heavy atom. The van der Waals surface area contributed by atoms with Crippen LogP contribution in [0, 0.1) is 13.0 Å². The second-order valence-corrected chi connectivity index (χ2v) is 7.19. The number of likely N-dealkylation sites (N-methyl/N-ethyl adjacent to an activating group) is 1. The molecule has 6 heteroatoms. The van der Waals surface area contributed by atoms with E-state index in [1.165, 1.54) is 8.45 Å². The normalized spacial score (nSPS) is 12.3. The SMILES string of the molecule is CCNC(Cc1ccccc1[N+](=O)[O-])c1csc(I)c1. The van der Waals surface area contributed by atoms with Crippen molar-refractivity contribution in [1.82, 2.24) is 5.32 Å². The molecule has 1 atom stereocenters. The fraction of sp³-hybridized carbons (Fsp3) is 0.286. The first kappa shape index (κ1) is 15.4. The summed E-state index contributed by atoms with van der Waals surface area (Å²) in [5.74, 6) is 0. The van der Waals surface area contributed by atoms with Gasteiger partial charge in [0, 0.05) is 17.7 Å². The van der Waals surface area contributed by atoms with Crippen molar-refractivity contribution >= 4 is 39.6 Å². The quantitative estimate of drug-likeness (QED) is 0.449. The van der Waals surface area contributed by atoms with Gasteiger partial charge < -0.3 is 5.32 Å². The summed E-state index contributed by atoms with van der Waals surface area (Å²) in [5.41, 5.74) is 2.16. The van der Waals surface area contributed by atoms with Crippen LogP contribution in [0.2, 0.25) is 0 Å². The predicted octanol–water partition coefficient (Wildman–Crippen LogP) is 4.15. The van der Waals surface area contributed by atoms with Gasteiger partial charge in [0.1, 0.15) is 0 Å². The van der Waals surface area contributed by atoms with Crippen LogP contribution in [-0.4, -0.2) is 11.5 Å². The molecule has 2 rings (SSSR count). The molecule has 1 aromatic heterocycles. The molecule has 0 aliphatic carbocycles. The summed E-state index contributed by atoms with van der Waals surface area (Å²) >= 11 is 3.99. The predicted molar refractivity (Wildman–Crippen MR) is 90.3 cm³/mol. The van der Waals surface area contributed by atoms with Crippen molar-refractivity contribution < 1.29 is 4.92 Å². The molecule has 2 aromatic rings. The molecule has 0 saturated carbocycles. The van der Waals surface area contributed by atoms with Gasteiger partial charge in [0.15, 0.2) is 0 Å². The number of rotatable bonds is 6. The maximum atomic E-state index is 11.1. The molecule has 0 saturated heterocycles. The highest BCUT2D eigenvalue weighted by Gasteiger charge is 2.19. The number of nitro benzene ring substituents is 1. The average molecular weight is 402 g/mol. The molecule has 1 aromatic carbocycles. The summed E-state index contributed by atoms with van der Waals surface area (Å²) in [5, 5.41) is 16.6. The number of thiophene rings is 1. The Morgan fingerprint density at radius 1 is 1.45 bits per heavy atom. The minimum absolute atomic E-state index is 0.112. The molecule has 0 aliphatic heterocycles. The second-order valence-electron chi connectivity index (χ2n) is 4.38. The molecule has 0 fully saturated rings. The topological polar surface area (TPSA) is 55.2 Å². The van der Waals surface area contributed by atoms with Crippen LogP contribution in [0.25, 0.3) is 0 Å². The molecule has 106 valence electrons. The van der Waals surface area contributed by atoms with Gasteiger partial charge >= 0.3 is 0 Å². The lowest BCUT2D eigenvalue weighted by Crippen LogP contribution is -2.22. The number of halogens is 1. The Bertz CT molecular complexity index is 600. The van der Waals surface area contributed by atoms with Crippen molar-refractivity contribution in [3.63, 3.8) is 0 Å². The monoisotopic (exact) mass is 402 g/mol. The zero-order valence-corrected chi connectivity index (χ0v) is 14.0. The Hall–Kier alpha value is -0.990. The van der Waals surface area contributed by atoms with Gasteiger partial charge in [0.05, 0.1) is 7.81 Å². The Kier molecular flexibility index (Phi) is 5.50. The number of para-hydroxylation sites is 1. The maximum Gasteiger partial charge on any atom is 0.272 e. The van der Waals surface area contributed by atoms with Gasteiger partial charge in [-0.1, -0.05) is 25.1 Å². The van der Waals surface area contributed by atoms with Crippen LogP contribution in [-0.2, 0) is 6.42 Å². The first-order valence-corrected chi connectivity index (χ1v) is 8.27. The minimum Gasteiger partial charge on any atom is -0.310 e. The van der Waals surface area contributed by atoms with Gasteiger partial charge in [-0.25, -0.2) is 0 Å². The lowest BCUT2D eigenvalue weighted by molar-refractivity contribution is -0.385. The molecular weight excluding hydrogens is 387 g/mol. The van der Waals surface area contributed by atoms with Gasteiger partial charge in [-0.15, -0.1) is 11.3 Å². The van der Waals surface area contributed by atoms with Crippen molar-refractivity contribution in [2.24, 2.45) is 0 Å². The zero-order chi connectivity index (χ0) is 14.5. The molecular formula is C14H15IN2O2S. The van der Waals surface area contributed by atoms with Gasteiger partial charge in [-0.3, -0.25) is 10.1 Å². The largest absolute Gasteiger partial charge is 0.310 e. The number of nitrogens with zero attached hydrogens (tertiary/aromatic N) is 1. The molecule has 1 heterocycles. The Balaban J connectivity index is 2.27. The molecule has 0 amide bonds. The highest BCUT2D eigenvalue weighted by Crippen LogP contribution is 2.28. The van der Waals surface area contributed by atoms with Crippen LogP contribution in [0.3, 0.4) is 0 Å². The van der Waals surface area contributed by atoms with Crippen LogP contribution in [0.15, 0.2) is 35.7 Å². The van der Waals surface area contributed by atoms with E-state index >= 15 is 0 Å². The summed E-state index contributed by atoms with van der Waals surface area (Å²) in [7, 11) is 0. The molecule has 20 heavy (non-hydrogen) atoms. The fourth-order valence-electron chi connectivity index (χ4n) is 2.14. The summed E-state index contributed by atoms with van der Waals surface area (Å²) in [6, 6.07) is 9.20. The van der Waals surface area contributed by atoms with Crippen LogP contribution in [0.5, 0.6) is 0 Å². The molecule has 1 N–H and O–H groups in total. The first-order chi connectivity index (χ1) is 9.61. The molecule has 1 unspecified atom stereocenters. The summed E-state index contributed by atoms with van der Waals surface area (Å²) in [6.45, 7) is 2.88. The van der Waals surface area contributed by atoms with E-state index in [9.17, 15) is 10.1 Å². The van der Waals surface area contributed by atoms with E-state index in [0.717, 1.165) is 12.1 Å². The standard InChI is InChI=1S/C14H15IN2O2S/c1-2-16-12(11-8-14(15)20-9-11)7-10-5-3-4-6-13(10)17(18)19/h3-6,8-9,12,16H,2,7H2,1H3. The summed E-state index contributed by atoms with van der Waals surface area (Å²) in [6.07, 6.45) is 0.623.